The summed E-state index contributed by atoms with van der Waals surface area (Å²) in [6.07, 6.45) is 8.35. The first kappa shape index (κ1) is 13.9. The van der Waals surface area contributed by atoms with E-state index in [1.165, 1.54) is 56.3 Å². The van der Waals surface area contributed by atoms with Gasteiger partial charge in [-0.25, -0.2) is 0 Å². The molecular weight excluding hydrogens is 244 g/mol. The zero-order valence-electron chi connectivity index (χ0n) is 12.8. The smallest absolute Gasteiger partial charge is 0.0414 e. The Labute approximate surface area is 123 Å². The lowest BCUT2D eigenvalue weighted by Gasteiger charge is -2.34. The van der Waals surface area contributed by atoms with Gasteiger partial charge in [-0.15, -0.1) is 0 Å². The quantitative estimate of drug-likeness (QED) is 0.816. The number of hydrogen-bond acceptors (Lipinski definition) is 2. The van der Waals surface area contributed by atoms with Crippen LogP contribution in [0.5, 0.6) is 0 Å². The van der Waals surface area contributed by atoms with Crippen molar-refractivity contribution in [3.8, 4) is 0 Å². The van der Waals surface area contributed by atoms with Gasteiger partial charge >= 0.3 is 0 Å². The number of rotatable bonds is 5. The summed E-state index contributed by atoms with van der Waals surface area (Å²) < 4.78 is 0. The van der Waals surface area contributed by atoms with Crippen LogP contribution in [0.25, 0.3) is 0 Å². The minimum absolute atomic E-state index is 0.816. The van der Waals surface area contributed by atoms with E-state index in [1.807, 2.05) is 0 Å². The van der Waals surface area contributed by atoms with Crippen molar-refractivity contribution in [1.29, 1.82) is 0 Å². The van der Waals surface area contributed by atoms with Crippen molar-refractivity contribution in [2.75, 3.05) is 18.0 Å². The Balaban J connectivity index is 1.75. The van der Waals surface area contributed by atoms with Gasteiger partial charge in [0.25, 0.3) is 0 Å². The fourth-order valence-electron chi connectivity index (χ4n) is 4.05. The Hall–Kier alpha value is -1.02. The molecule has 1 aromatic rings. The third-order valence-electron chi connectivity index (χ3n) is 5.05. The second-order valence-corrected chi connectivity index (χ2v) is 6.40. The lowest BCUT2D eigenvalue weighted by molar-refractivity contribution is 0.342. The van der Waals surface area contributed by atoms with Crippen molar-refractivity contribution in [3.05, 3.63) is 29.8 Å². The van der Waals surface area contributed by atoms with E-state index < -0.39 is 0 Å². The third kappa shape index (κ3) is 2.85. The molecule has 1 saturated heterocycles. The van der Waals surface area contributed by atoms with Crippen molar-refractivity contribution >= 4 is 5.69 Å². The second kappa shape index (κ2) is 6.62. The minimum Gasteiger partial charge on any atom is -0.368 e. The van der Waals surface area contributed by atoms with Crippen LogP contribution in [-0.4, -0.2) is 19.1 Å². The van der Waals surface area contributed by atoms with Gasteiger partial charge < -0.3 is 10.2 Å². The Morgan fingerprint density at radius 3 is 2.90 bits per heavy atom. The van der Waals surface area contributed by atoms with Gasteiger partial charge in [0.05, 0.1) is 0 Å². The molecule has 1 saturated carbocycles. The van der Waals surface area contributed by atoms with Crippen LogP contribution in [0.4, 0.5) is 5.69 Å². The lowest BCUT2D eigenvalue weighted by atomic mass is 9.85. The van der Waals surface area contributed by atoms with Crippen LogP contribution in [0.3, 0.4) is 0 Å². The van der Waals surface area contributed by atoms with Gasteiger partial charge in [-0.3, -0.25) is 0 Å². The molecule has 2 atom stereocenters. The zero-order valence-corrected chi connectivity index (χ0v) is 12.8. The predicted molar refractivity (Wildman–Crippen MR) is 86.1 cm³/mol. The fraction of sp³-hybridized carbons (Fsp3) is 0.667. The monoisotopic (exact) mass is 272 g/mol. The summed E-state index contributed by atoms with van der Waals surface area (Å²) in [5, 5.41) is 3.56. The van der Waals surface area contributed by atoms with Crippen LogP contribution in [0.1, 0.15) is 51.0 Å². The molecule has 2 unspecified atom stereocenters. The molecule has 1 aromatic carbocycles. The Kier molecular flexibility index (Phi) is 4.62. The molecule has 0 spiro atoms. The van der Waals surface area contributed by atoms with Crippen molar-refractivity contribution in [2.24, 2.45) is 5.92 Å². The Morgan fingerprint density at radius 2 is 2.00 bits per heavy atom. The first-order valence-electron chi connectivity index (χ1n) is 8.45. The van der Waals surface area contributed by atoms with Gasteiger partial charge in [-0.1, -0.05) is 38.0 Å². The molecule has 2 heteroatoms. The largest absolute Gasteiger partial charge is 0.368 e. The van der Waals surface area contributed by atoms with Crippen LogP contribution in [-0.2, 0) is 6.54 Å². The van der Waals surface area contributed by atoms with E-state index in [9.17, 15) is 0 Å². The zero-order chi connectivity index (χ0) is 13.8. The van der Waals surface area contributed by atoms with E-state index in [-0.39, 0.29) is 0 Å². The van der Waals surface area contributed by atoms with Crippen molar-refractivity contribution < 1.29 is 0 Å². The molecule has 2 nitrogen and oxygen atoms in total. The molecule has 2 aliphatic rings. The molecule has 1 aliphatic carbocycles. The van der Waals surface area contributed by atoms with Gasteiger partial charge in [0.1, 0.15) is 0 Å². The first-order valence-corrected chi connectivity index (χ1v) is 8.45. The molecule has 0 aromatic heterocycles. The number of para-hydroxylation sites is 1. The van der Waals surface area contributed by atoms with Crippen molar-refractivity contribution in [1.82, 2.24) is 5.32 Å². The summed E-state index contributed by atoms with van der Waals surface area (Å²) >= 11 is 0. The highest BCUT2D eigenvalue weighted by Crippen LogP contribution is 2.39. The third-order valence-corrected chi connectivity index (χ3v) is 5.05. The Bertz CT molecular complexity index is 429. The molecule has 1 aliphatic heterocycles. The highest BCUT2D eigenvalue weighted by atomic mass is 15.2. The summed E-state index contributed by atoms with van der Waals surface area (Å²) in [6, 6.07) is 9.83. The van der Waals surface area contributed by atoms with E-state index in [1.54, 1.807) is 0 Å². The average molecular weight is 272 g/mol. The molecule has 0 bridgehead atoms. The van der Waals surface area contributed by atoms with Crippen LogP contribution < -0.4 is 10.2 Å². The maximum absolute atomic E-state index is 3.56. The highest BCUT2D eigenvalue weighted by molar-refractivity contribution is 5.55. The van der Waals surface area contributed by atoms with Gasteiger partial charge in [-0.05, 0) is 49.8 Å². The molecular formula is C18H28N2. The number of fused-ring (bicyclic) bond motifs is 1. The van der Waals surface area contributed by atoms with Crippen LogP contribution in [0.15, 0.2) is 24.3 Å². The van der Waals surface area contributed by atoms with Crippen LogP contribution in [0.2, 0.25) is 0 Å². The number of nitrogens with zero attached hydrogens (tertiary/aromatic N) is 1. The molecule has 1 heterocycles. The molecule has 2 fully saturated rings. The highest BCUT2D eigenvalue weighted by Gasteiger charge is 2.36. The van der Waals surface area contributed by atoms with Gasteiger partial charge in [-0.2, -0.15) is 0 Å². The standard InChI is InChI=1S/C18H28N2/c1-2-12-19-14-16-8-4-6-10-18(16)20-13-11-15-7-3-5-9-17(15)20/h4,6,8,10,15,17,19H,2-3,5,7,9,11-14H2,1H3. The van der Waals surface area contributed by atoms with Gasteiger partial charge in [0.15, 0.2) is 0 Å². The molecule has 0 radical (unpaired) electrons. The predicted octanol–water partition coefficient (Wildman–Crippen LogP) is 3.96. The summed E-state index contributed by atoms with van der Waals surface area (Å²) in [5.74, 6) is 0.959. The average Bonchev–Trinajstić information content (AvgIpc) is 2.92. The second-order valence-electron chi connectivity index (χ2n) is 6.40. The first-order chi connectivity index (χ1) is 9.90. The van der Waals surface area contributed by atoms with Crippen molar-refractivity contribution in [2.45, 2.75) is 58.0 Å². The molecule has 1 N–H and O–H groups in total. The normalized spacial score (nSPS) is 25.8. The van der Waals surface area contributed by atoms with E-state index >= 15 is 0 Å². The molecule has 20 heavy (non-hydrogen) atoms. The van der Waals surface area contributed by atoms with Crippen molar-refractivity contribution in [3.63, 3.8) is 0 Å². The van der Waals surface area contributed by atoms with Gasteiger partial charge in [0, 0.05) is 24.8 Å². The van der Waals surface area contributed by atoms with E-state index in [0.717, 1.165) is 25.0 Å². The summed E-state index contributed by atoms with van der Waals surface area (Å²) in [5.41, 5.74) is 2.97. The molecule has 0 amide bonds. The molecule has 3 rings (SSSR count). The number of benzene rings is 1. The fourth-order valence-corrected chi connectivity index (χ4v) is 4.05. The number of anilines is 1. The summed E-state index contributed by atoms with van der Waals surface area (Å²) in [6.45, 7) is 5.62. The van der Waals surface area contributed by atoms with E-state index in [4.69, 9.17) is 0 Å². The summed E-state index contributed by atoms with van der Waals surface area (Å²) in [4.78, 5) is 2.72. The topological polar surface area (TPSA) is 15.3 Å². The number of hydrogen-bond donors (Lipinski definition) is 1. The lowest BCUT2D eigenvalue weighted by Crippen LogP contribution is -2.35. The minimum atomic E-state index is 0.816. The maximum atomic E-state index is 3.56. The van der Waals surface area contributed by atoms with E-state index in [2.05, 4.69) is 41.4 Å². The Morgan fingerprint density at radius 1 is 1.15 bits per heavy atom. The van der Waals surface area contributed by atoms with Crippen LogP contribution >= 0.6 is 0 Å². The van der Waals surface area contributed by atoms with Gasteiger partial charge in [0.2, 0.25) is 0 Å². The summed E-state index contributed by atoms with van der Waals surface area (Å²) in [7, 11) is 0. The van der Waals surface area contributed by atoms with E-state index in [0.29, 0.717) is 0 Å². The van der Waals surface area contributed by atoms with Crippen LogP contribution in [0, 0.1) is 5.92 Å². The maximum Gasteiger partial charge on any atom is 0.0414 e. The SMILES string of the molecule is CCCNCc1ccccc1N1CCC2CCCCC21. The number of nitrogens with one attached hydrogen (secondary N) is 1. The molecule has 110 valence electrons.